The Morgan fingerprint density at radius 2 is 1.74 bits per heavy atom. The predicted octanol–water partition coefficient (Wildman–Crippen LogP) is 4.45. The molecule has 0 aliphatic rings. The lowest BCUT2D eigenvalue weighted by atomic mass is 9.77. The van der Waals surface area contributed by atoms with Crippen LogP contribution in [-0.4, -0.2) is 6.54 Å². The number of rotatable bonds is 4. The lowest BCUT2D eigenvalue weighted by molar-refractivity contribution is 0.481. The minimum atomic E-state index is -0.219. The van der Waals surface area contributed by atoms with E-state index < -0.39 is 0 Å². The van der Waals surface area contributed by atoms with E-state index in [1.54, 1.807) is 6.07 Å². The Morgan fingerprint density at radius 1 is 1.05 bits per heavy atom. The normalized spacial score (nSPS) is 14.1. The van der Waals surface area contributed by atoms with Crippen LogP contribution in [0.5, 0.6) is 0 Å². The monoisotopic (exact) mass is 293 g/mol. The molecule has 100 valence electrons. The molecule has 3 heteroatoms. The summed E-state index contributed by atoms with van der Waals surface area (Å²) in [7, 11) is 0. The van der Waals surface area contributed by atoms with Gasteiger partial charge in [-0.2, -0.15) is 0 Å². The third-order valence-electron chi connectivity index (χ3n) is 3.47. The Morgan fingerprint density at radius 3 is 2.37 bits per heavy atom. The molecule has 0 amide bonds. The summed E-state index contributed by atoms with van der Waals surface area (Å²) in [6.07, 6.45) is 0.838. The van der Waals surface area contributed by atoms with Crippen LogP contribution in [0.25, 0.3) is 0 Å². The fraction of sp³-hybridized carbons (Fsp3) is 0.250. The zero-order chi connectivity index (χ0) is 13.9. The topological polar surface area (TPSA) is 26.0 Å². The van der Waals surface area contributed by atoms with E-state index in [1.165, 1.54) is 5.56 Å². The van der Waals surface area contributed by atoms with Crippen molar-refractivity contribution in [3.8, 4) is 0 Å². The van der Waals surface area contributed by atoms with E-state index in [1.807, 2.05) is 30.3 Å². The summed E-state index contributed by atoms with van der Waals surface area (Å²) in [5.74, 6) is 0. The van der Waals surface area contributed by atoms with Gasteiger partial charge in [-0.25, -0.2) is 0 Å². The molecule has 2 aromatic carbocycles. The Labute approximate surface area is 124 Å². The highest BCUT2D eigenvalue weighted by atomic mass is 35.5. The molecule has 2 N–H and O–H groups in total. The van der Waals surface area contributed by atoms with E-state index in [0.29, 0.717) is 16.6 Å². The Bertz CT molecular complexity index is 554. The van der Waals surface area contributed by atoms with Gasteiger partial charge in [0.15, 0.2) is 0 Å². The molecule has 0 spiro atoms. The largest absolute Gasteiger partial charge is 0.330 e. The maximum atomic E-state index is 6.31. The van der Waals surface area contributed by atoms with Gasteiger partial charge in [-0.15, -0.1) is 0 Å². The second-order valence-corrected chi connectivity index (χ2v) is 5.89. The maximum absolute atomic E-state index is 6.31. The number of hydrogen-bond acceptors (Lipinski definition) is 1. The van der Waals surface area contributed by atoms with Gasteiger partial charge < -0.3 is 5.73 Å². The molecule has 19 heavy (non-hydrogen) atoms. The molecule has 0 fully saturated rings. The van der Waals surface area contributed by atoms with Crippen molar-refractivity contribution in [1.82, 2.24) is 0 Å². The lowest BCUT2D eigenvalue weighted by Crippen LogP contribution is -2.34. The van der Waals surface area contributed by atoms with Crippen LogP contribution in [0.3, 0.4) is 0 Å². The molecule has 0 saturated carbocycles. The third-order valence-corrected chi connectivity index (χ3v) is 4.03. The highest BCUT2D eigenvalue weighted by Gasteiger charge is 2.28. The van der Waals surface area contributed by atoms with Gasteiger partial charge in [0.1, 0.15) is 0 Å². The van der Waals surface area contributed by atoms with Gasteiger partial charge in [-0.05, 0) is 35.7 Å². The molecule has 0 radical (unpaired) electrons. The first kappa shape index (κ1) is 14.4. The van der Waals surface area contributed by atoms with Crippen LogP contribution in [0, 0.1) is 0 Å². The van der Waals surface area contributed by atoms with E-state index in [-0.39, 0.29) is 5.41 Å². The summed E-state index contributed by atoms with van der Waals surface area (Å²) in [6.45, 7) is 2.64. The molecule has 2 aromatic rings. The summed E-state index contributed by atoms with van der Waals surface area (Å²) < 4.78 is 0. The number of hydrogen-bond donors (Lipinski definition) is 1. The number of halogens is 2. The zero-order valence-electron chi connectivity index (χ0n) is 10.9. The lowest BCUT2D eigenvalue weighted by Gasteiger charge is -2.30. The van der Waals surface area contributed by atoms with Gasteiger partial charge in [0.2, 0.25) is 0 Å². The van der Waals surface area contributed by atoms with E-state index >= 15 is 0 Å². The quantitative estimate of drug-likeness (QED) is 0.885. The molecule has 0 aliphatic heterocycles. The van der Waals surface area contributed by atoms with Crippen LogP contribution in [0.15, 0.2) is 48.5 Å². The fourth-order valence-electron chi connectivity index (χ4n) is 2.28. The molecule has 0 bridgehead atoms. The molecule has 0 aliphatic carbocycles. The Hall–Kier alpha value is -1.02. The summed E-state index contributed by atoms with van der Waals surface area (Å²) in [6, 6.07) is 15.8. The smallest absolute Gasteiger partial charge is 0.0445 e. The summed E-state index contributed by atoms with van der Waals surface area (Å²) >= 11 is 12.4. The second kappa shape index (κ2) is 5.96. The van der Waals surface area contributed by atoms with Crippen LogP contribution in [0.1, 0.15) is 18.1 Å². The van der Waals surface area contributed by atoms with E-state index in [9.17, 15) is 0 Å². The zero-order valence-corrected chi connectivity index (χ0v) is 12.4. The predicted molar refractivity (Wildman–Crippen MR) is 83.0 cm³/mol. The highest BCUT2D eigenvalue weighted by molar-refractivity contribution is 6.33. The molecule has 0 saturated heterocycles. The van der Waals surface area contributed by atoms with Crippen LogP contribution >= 0.6 is 23.2 Å². The second-order valence-electron chi connectivity index (χ2n) is 5.05. The van der Waals surface area contributed by atoms with E-state index in [0.717, 1.165) is 12.0 Å². The Kier molecular flexibility index (Phi) is 4.51. The van der Waals surface area contributed by atoms with Crippen LogP contribution < -0.4 is 5.73 Å². The van der Waals surface area contributed by atoms with Crippen molar-refractivity contribution in [2.75, 3.05) is 6.54 Å². The van der Waals surface area contributed by atoms with Crippen molar-refractivity contribution >= 4 is 23.2 Å². The average Bonchev–Trinajstić information content (AvgIpc) is 2.42. The van der Waals surface area contributed by atoms with Gasteiger partial charge in [0, 0.05) is 22.0 Å². The van der Waals surface area contributed by atoms with Crippen molar-refractivity contribution in [1.29, 1.82) is 0 Å². The van der Waals surface area contributed by atoms with E-state index in [2.05, 4.69) is 19.1 Å². The van der Waals surface area contributed by atoms with Crippen molar-refractivity contribution in [2.24, 2.45) is 5.73 Å². The highest BCUT2D eigenvalue weighted by Crippen LogP contribution is 2.34. The average molecular weight is 294 g/mol. The Balaban J connectivity index is 2.39. The molecule has 2 rings (SSSR count). The molecular weight excluding hydrogens is 277 g/mol. The molecule has 1 unspecified atom stereocenters. The van der Waals surface area contributed by atoms with Gasteiger partial charge in [0.05, 0.1) is 0 Å². The van der Waals surface area contributed by atoms with Gasteiger partial charge >= 0.3 is 0 Å². The van der Waals surface area contributed by atoms with Gasteiger partial charge in [0.25, 0.3) is 0 Å². The van der Waals surface area contributed by atoms with Crippen molar-refractivity contribution in [2.45, 2.75) is 18.8 Å². The van der Waals surface area contributed by atoms with Gasteiger partial charge in [-0.1, -0.05) is 60.5 Å². The first-order valence-electron chi connectivity index (χ1n) is 6.25. The molecule has 1 nitrogen and oxygen atoms in total. The summed E-state index contributed by atoms with van der Waals surface area (Å²) in [5.41, 5.74) is 8.03. The molecular formula is C16H17Cl2N. The van der Waals surface area contributed by atoms with Crippen LogP contribution in [0.2, 0.25) is 10.0 Å². The van der Waals surface area contributed by atoms with Crippen molar-refractivity contribution in [3.05, 3.63) is 69.7 Å². The minimum Gasteiger partial charge on any atom is -0.330 e. The number of benzene rings is 2. The SMILES string of the molecule is CC(CN)(Cc1ccccc1)c1cc(Cl)ccc1Cl. The minimum absolute atomic E-state index is 0.219. The summed E-state index contributed by atoms with van der Waals surface area (Å²) in [4.78, 5) is 0. The van der Waals surface area contributed by atoms with Crippen molar-refractivity contribution < 1.29 is 0 Å². The van der Waals surface area contributed by atoms with Crippen molar-refractivity contribution in [3.63, 3.8) is 0 Å². The van der Waals surface area contributed by atoms with Crippen LogP contribution in [0.4, 0.5) is 0 Å². The van der Waals surface area contributed by atoms with Gasteiger partial charge in [-0.3, -0.25) is 0 Å². The molecule has 1 atom stereocenters. The maximum Gasteiger partial charge on any atom is 0.0445 e. The molecule has 0 aromatic heterocycles. The fourth-order valence-corrected chi connectivity index (χ4v) is 2.80. The standard InChI is InChI=1S/C16H17Cl2N/c1-16(11-19,10-12-5-3-2-4-6-12)14-9-13(17)7-8-15(14)18/h2-9H,10-11,19H2,1H3. The summed E-state index contributed by atoms with van der Waals surface area (Å²) in [5, 5.41) is 1.40. The number of nitrogens with two attached hydrogens (primary N) is 1. The van der Waals surface area contributed by atoms with E-state index in [4.69, 9.17) is 28.9 Å². The third kappa shape index (κ3) is 3.30. The first-order valence-corrected chi connectivity index (χ1v) is 7.00. The first-order chi connectivity index (χ1) is 9.05. The molecule has 0 heterocycles. The van der Waals surface area contributed by atoms with Crippen LogP contribution in [-0.2, 0) is 11.8 Å².